The minimum atomic E-state index is -0.402. The molecule has 0 N–H and O–H groups in total. The number of hydrogen-bond donors (Lipinski definition) is 0. The Morgan fingerprint density at radius 2 is 2.36 bits per heavy atom. The summed E-state index contributed by atoms with van der Waals surface area (Å²) in [5, 5.41) is 0.845. The summed E-state index contributed by atoms with van der Waals surface area (Å²) in [4.78, 5) is 14.9. The van der Waals surface area contributed by atoms with Crippen molar-refractivity contribution in [3.8, 4) is 0 Å². The van der Waals surface area contributed by atoms with Crippen LogP contribution in [0, 0.1) is 6.92 Å². The van der Waals surface area contributed by atoms with Gasteiger partial charge in [-0.1, -0.05) is 0 Å². The van der Waals surface area contributed by atoms with Crippen molar-refractivity contribution < 1.29 is 9.53 Å². The summed E-state index contributed by atoms with van der Waals surface area (Å²) in [6.45, 7) is 1.84. The maximum Gasteiger partial charge on any atom is 0.358 e. The van der Waals surface area contributed by atoms with Gasteiger partial charge in [-0.3, -0.25) is 0 Å². The minimum Gasteiger partial charge on any atom is -0.464 e. The maximum absolute atomic E-state index is 10.9. The zero-order chi connectivity index (χ0) is 8.43. The van der Waals surface area contributed by atoms with Gasteiger partial charge in [-0.25, -0.2) is 9.78 Å². The SMILES string of the molecule is COC(=O)c1nc(C)sc1Br. The van der Waals surface area contributed by atoms with Crippen LogP contribution in [0.25, 0.3) is 0 Å². The minimum absolute atomic E-state index is 0.356. The van der Waals surface area contributed by atoms with Crippen molar-refractivity contribution in [2.45, 2.75) is 6.92 Å². The van der Waals surface area contributed by atoms with Crippen molar-refractivity contribution in [2.24, 2.45) is 0 Å². The van der Waals surface area contributed by atoms with E-state index in [1.165, 1.54) is 18.4 Å². The molecular formula is C6H6BrNO2S. The van der Waals surface area contributed by atoms with Crippen LogP contribution in [-0.4, -0.2) is 18.1 Å². The molecular weight excluding hydrogens is 230 g/mol. The number of aromatic nitrogens is 1. The number of thiazole rings is 1. The van der Waals surface area contributed by atoms with Crippen molar-refractivity contribution in [1.29, 1.82) is 0 Å². The van der Waals surface area contributed by atoms with Gasteiger partial charge in [-0.2, -0.15) is 0 Å². The van der Waals surface area contributed by atoms with Gasteiger partial charge in [0.2, 0.25) is 0 Å². The van der Waals surface area contributed by atoms with E-state index in [2.05, 4.69) is 25.7 Å². The number of hydrogen-bond acceptors (Lipinski definition) is 4. The van der Waals surface area contributed by atoms with E-state index in [4.69, 9.17) is 0 Å². The molecule has 0 bridgehead atoms. The van der Waals surface area contributed by atoms with Crippen molar-refractivity contribution in [1.82, 2.24) is 4.98 Å². The molecule has 60 valence electrons. The fourth-order valence-corrected chi connectivity index (χ4v) is 2.20. The molecule has 3 nitrogen and oxygen atoms in total. The van der Waals surface area contributed by atoms with E-state index in [0.29, 0.717) is 5.69 Å². The van der Waals surface area contributed by atoms with Crippen molar-refractivity contribution in [3.63, 3.8) is 0 Å². The number of aryl methyl sites for hydroxylation is 1. The second kappa shape index (κ2) is 3.32. The molecule has 0 amide bonds. The lowest BCUT2D eigenvalue weighted by atomic mass is 10.5. The van der Waals surface area contributed by atoms with Gasteiger partial charge < -0.3 is 4.74 Å². The number of ether oxygens (including phenoxy) is 1. The maximum atomic E-state index is 10.9. The first-order valence-corrected chi connectivity index (χ1v) is 4.47. The van der Waals surface area contributed by atoms with Crippen molar-refractivity contribution >= 4 is 33.2 Å². The second-order valence-corrected chi connectivity index (χ2v) is 4.37. The highest BCUT2D eigenvalue weighted by Gasteiger charge is 2.14. The number of carbonyl (C=O) groups excluding carboxylic acids is 1. The van der Waals surface area contributed by atoms with Gasteiger partial charge in [-0.05, 0) is 22.9 Å². The van der Waals surface area contributed by atoms with Crippen LogP contribution in [0.5, 0.6) is 0 Å². The van der Waals surface area contributed by atoms with Gasteiger partial charge in [0.1, 0.15) is 3.79 Å². The number of halogens is 1. The van der Waals surface area contributed by atoms with Crippen molar-refractivity contribution in [2.75, 3.05) is 7.11 Å². The number of nitrogens with zero attached hydrogens (tertiary/aromatic N) is 1. The van der Waals surface area contributed by atoms with E-state index in [1.54, 1.807) is 0 Å². The molecule has 1 rings (SSSR count). The van der Waals surface area contributed by atoms with E-state index in [-0.39, 0.29) is 0 Å². The van der Waals surface area contributed by atoms with E-state index < -0.39 is 5.97 Å². The van der Waals surface area contributed by atoms with Crippen LogP contribution in [0.2, 0.25) is 0 Å². The van der Waals surface area contributed by atoms with Crippen molar-refractivity contribution in [3.05, 3.63) is 14.5 Å². The first kappa shape index (κ1) is 8.67. The van der Waals surface area contributed by atoms with Gasteiger partial charge in [-0.15, -0.1) is 11.3 Å². The molecule has 0 aliphatic carbocycles. The second-order valence-electron chi connectivity index (χ2n) is 1.85. The van der Waals surface area contributed by atoms with Gasteiger partial charge >= 0.3 is 5.97 Å². The number of rotatable bonds is 1. The Hall–Kier alpha value is -0.420. The first-order chi connectivity index (χ1) is 5.15. The van der Waals surface area contributed by atoms with Gasteiger partial charge in [0, 0.05) is 0 Å². The summed E-state index contributed by atoms with van der Waals surface area (Å²) < 4.78 is 5.23. The highest BCUT2D eigenvalue weighted by Crippen LogP contribution is 2.24. The van der Waals surface area contributed by atoms with Crippen LogP contribution in [0.3, 0.4) is 0 Å². The van der Waals surface area contributed by atoms with E-state index in [0.717, 1.165) is 8.79 Å². The van der Waals surface area contributed by atoms with E-state index in [1.807, 2.05) is 6.92 Å². The molecule has 0 radical (unpaired) electrons. The monoisotopic (exact) mass is 235 g/mol. The third-order valence-corrected chi connectivity index (χ3v) is 2.69. The Balaban J connectivity index is 3.03. The smallest absolute Gasteiger partial charge is 0.358 e. The quantitative estimate of drug-likeness (QED) is 0.700. The van der Waals surface area contributed by atoms with Gasteiger partial charge in [0.25, 0.3) is 0 Å². The molecule has 0 atom stereocenters. The Morgan fingerprint density at radius 1 is 1.73 bits per heavy atom. The van der Waals surface area contributed by atoms with E-state index in [9.17, 15) is 4.79 Å². The predicted molar refractivity (Wildman–Crippen MR) is 45.9 cm³/mol. The predicted octanol–water partition coefficient (Wildman–Crippen LogP) is 2.00. The number of esters is 1. The molecule has 0 fully saturated rings. The number of methoxy groups -OCH3 is 1. The average molecular weight is 236 g/mol. The molecule has 0 saturated heterocycles. The molecule has 0 aromatic carbocycles. The van der Waals surface area contributed by atoms with Crippen LogP contribution < -0.4 is 0 Å². The lowest BCUT2D eigenvalue weighted by Crippen LogP contribution is -2.01. The Morgan fingerprint density at radius 3 is 2.73 bits per heavy atom. The molecule has 1 heterocycles. The topological polar surface area (TPSA) is 39.2 Å². The van der Waals surface area contributed by atoms with Crippen LogP contribution in [0.4, 0.5) is 0 Å². The normalized spacial score (nSPS) is 9.73. The van der Waals surface area contributed by atoms with Crippen LogP contribution >= 0.6 is 27.3 Å². The fraction of sp³-hybridized carbons (Fsp3) is 0.333. The first-order valence-electron chi connectivity index (χ1n) is 2.86. The van der Waals surface area contributed by atoms with E-state index >= 15 is 0 Å². The molecule has 0 unspecified atom stereocenters. The molecule has 0 aliphatic rings. The summed E-state index contributed by atoms with van der Waals surface area (Å²) >= 11 is 4.63. The highest BCUT2D eigenvalue weighted by atomic mass is 79.9. The van der Waals surface area contributed by atoms with Crippen LogP contribution in [0.1, 0.15) is 15.5 Å². The molecule has 0 saturated carbocycles. The molecule has 0 aliphatic heterocycles. The molecule has 5 heteroatoms. The summed E-state index contributed by atoms with van der Waals surface area (Å²) in [6, 6.07) is 0. The number of carbonyl (C=O) groups is 1. The lowest BCUT2D eigenvalue weighted by molar-refractivity contribution is 0.0594. The summed E-state index contributed by atoms with van der Waals surface area (Å²) in [7, 11) is 1.34. The zero-order valence-corrected chi connectivity index (χ0v) is 8.45. The average Bonchev–Trinajstić information content (AvgIpc) is 2.28. The standard InChI is InChI=1S/C6H6BrNO2S/c1-3-8-4(5(7)11-3)6(9)10-2/h1-2H3. The molecule has 11 heavy (non-hydrogen) atoms. The Kier molecular flexibility index (Phi) is 2.62. The summed E-state index contributed by atoms with van der Waals surface area (Å²) in [5.74, 6) is -0.402. The largest absolute Gasteiger partial charge is 0.464 e. The van der Waals surface area contributed by atoms with Crippen LogP contribution in [-0.2, 0) is 4.74 Å². The highest BCUT2D eigenvalue weighted by molar-refractivity contribution is 9.11. The third-order valence-electron chi connectivity index (χ3n) is 1.07. The fourth-order valence-electron chi connectivity index (χ4n) is 0.625. The zero-order valence-electron chi connectivity index (χ0n) is 6.05. The Bertz CT molecular complexity index is 284. The third kappa shape index (κ3) is 1.78. The molecule has 0 spiro atoms. The van der Waals surface area contributed by atoms with Crippen LogP contribution in [0.15, 0.2) is 3.79 Å². The molecule has 1 aromatic rings. The van der Waals surface area contributed by atoms with Gasteiger partial charge in [0.05, 0.1) is 12.1 Å². The summed E-state index contributed by atoms with van der Waals surface area (Å²) in [6.07, 6.45) is 0. The summed E-state index contributed by atoms with van der Waals surface area (Å²) in [5.41, 5.74) is 0.356. The molecule has 1 aromatic heterocycles. The lowest BCUT2D eigenvalue weighted by Gasteiger charge is -1.92. The van der Waals surface area contributed by atoms with Gasteiger partial charge in [0.15, 0.2) is 5.69 Å². The Labute approximate surface area is 76.5 Å².